The van der Waals surface area contributed by atoms with E-state index in [1.165, 1.54) is 49.1 Å². The van der Waals surface area contributed by atoms with Crippen molar-refractivity contribution in [2.75, 3.05) is 0 Å². The molecule has 0 amide bonds. The van der Waals surface area contributed by atoms with Gasteiger partial charge in [0.1, 0.15) is 0 Å². The molecular formula is C21H24O4. The maximum absolute atomic E-state index is 10.6. The van der Waals surface area contributed by atoms with E-state index in [0.717, 1.165) is 5.57 Å². The molecule has 0 bridgehead atoms. The maximum Gasteiger partial charge on any atom is 0.335 e. The first-order valence-electron chi connectivity index (χ1n) is 8.09. The largest absolute Gasteiger partial charge is 0.478 e. The van der Waals surface area contributed by atoms with E-state index in [1.807, 2.05) is 6.92 Å². The molecule has 25 heavy (non-hydrogen) atoms. The van der Waals surface area contributed by atoms with Crippen molar-refractivity contribution in [2.24, 2.45) is 0 Å². The molecule has 0 atom stereocenters. The lowest BCUT2D eigenvalue weighted by atomic mass is 10.0. The van der Waals surface area contributed by atoms with Gasteiger partial charge in [0.05, 0.1) is 11.1 Å². The fourth-order valence-corrected chi connectivity index (χ4v) is 2.34. The molecule has 2 N–H and O–H groups in total. The van der Waals surface area contributed by atoms with Crippen molar-refractivity contribution in [1.29, 1.82) is 0 Å². The first-order chi connectivity index (χ1) is 11.8. The molecule has 132 valence electrons. The molecule has 0 aliphatic carbocycles. The number of aromatic carboxylic acids is 2. The van der Waals surface area contributed by atoms with E-state index in [4.69, 9.17) is 10.2 Å². The van der Waals surface area contributed by atoms with E-state index < -0.39 is 11.9 Å². The summed E-state index contributed by atoms with van der Waals surface area (Å²) < 4.78 is 0. The Hall–Kier alpha value is -2.88. The Balaban J connectivity index is 0.000000251. The number of rotatable bonds is 5. The van der Waals surface area contributed by atoms with Gasteiger partial charge < -0.3 is 10.2 Å². The van der Waals surface area contributed by atoms with Crippen LogP contribution >= 0.6 is 0 Å². The zero-order valence-corrected chi connectivity index (χ0v) is 14.9. The fraction of sp³-hybridized carbons (Fsp3) is 0.238. The van der Waals surface area contributed by atoms with Crippen LogP contribution in [-0.4, -0.2) is 22.2 Å². The number of carboxylic acid groups (broad SMARTS) is 2. The first kappa shape index (κ1) is 20.2. The van der Waals surface area contributed by atoms with Crippen LogP contribution in [0.4, 0.5) is 0 Å². The van der Waals surface area contributed by atoms with Crippen LogP contribution in [0.1, 0.15) is 57.7 Å². The van der Waals surface area contributed by atoms with Crippen molar-refractivity contribution in [3.8, 4) is 0 Å². The van der Waals surface area contributed by atoms with E-state index in [0.29, 0.717) is 0 Å². The van der Waals surface area contributed by atoms with E-state index in [2.05, 4.69) is 37.8 Å². The number of carbonyl (C=O) groups is 2. The van der Waals surface area contributed by atoms with Gasteiger partial charge in [0.2, 0.25) is 0 Å². The predicted octanol–water partition coefficient (Wildman–Crippen LogP) is 5.06. The number of aryl methyl sites for hydroxylation is 1. The SMILES string of the molecule is C=C(C)c1ccc(CCC)cc1.Cc1c(C(=O)O)cccc1C(=O)O. The summed E-state index contributed by atoms with van der Waals surface area (Å²) in [5, 5.41) is 17.4. The van der Waals surface area contributed by atoms with Crippen LogP contribution in [0.2, 0.25) is 0 Å². The van der Waals surface area contributed by atoms with Crippen molar-refractivity contribution in [1.82, 2.24) is 0 Å². The van der Waals surface area contributed by atoms with E-state index >= 15 is 0 Å². The van der Waals surface area contributed by atoms with Gasteiger partial charge in [-0.15, -0.1) is 0 Å². The summed E-state index contributed by atoms with van der Waals surface area (Å²) in [7, 11) is 0. The average molecular weight is 340 g/mol. The highest BCUT2D eigenvalue weighted by Gasteiger charge is 2.13. The third-order valence-corrected chi connectivity index (χ3v) is 3.78. The minimum atomic E-state index is -1.11. The molecular weight excluding hydrogens is 316 g/mol. The highest BCUT2D eigenvalue weighted by atomic mass is 16.4. The van der Waals surface area contributed by atoms with Crippen molar-refractivity contribution in [2.45, 2.75) is 33.6 Å². The molecule has 2 aromatic carbocycles. The van der Waals surface area contributed by atoms with Crippen molar-refractivity contribution in [3.63, 3.8) is 0 Å². The molecule has 0 aliphatic rings. The minimum absolute atomic E-state index is 0.0277. The summed E-state index contributed by atoms with van der Waals surface area (Å²) in [6.45, 7) is 9.62. The van der Waals surface area contributed by atoms with Crippen molar-refractivity contribution >= 4 is 17.5 Å². The maximum atomic E-state index is 10.6. The summed E-state index contributed by atoms with van der Waals surface area (Å²) in [5.41, 5.74) is 4.14. The first-order valence-corrected chi connectivity index (χ1v) is 8.09. The second-order valence-electron chi connectivity index (χ2n) is 5.82. The molecule has 0 saturated carbocycles. The van der Waals surface area contributed by atoms with Gasteiger partial charge >= 0.3 is 11.9 Å². The number of hydrogen-bond donors (Lipinski definition) is 2. The Labute approximate surface area is 148 Å². The summed E-state index contributed by atoms with van der Waals surface area (Å²) >= 11 is 0. The van der Waals surface area contributed by atoms with Gasteiger partial charge in [0.15, 0.2) is 0 Å². The van der Waals surface area contributed by atoms with E-state index in [1.54, 1.807) is 0 Å². The molecule has 0 heterocycles. The standard InChI is InChI=1S/C12H16.C9H8O4/c1-4-5-11-6-8-12(9-7-11)10(2)3;1-5-6(8(10)11)3-2-4-7(5)9(12)13/h6-9H,2,4-5H2,1,3H3;2-4H,1H3,(H,10,11)(H,12,13). The number of allylic oxidation sites excluding steroid dienone is 1. The molecule has 0 saturated heterocycles. The van der Waals surface area contributed by atoms with Gasteiger partial charge in [0, 0.05) is 0 Å². The highest BCUT2D eigenvalue weighted by Crippen LogP contribution is 2.14. The van der Waals surface area contributed by atoms with E-state index in [9.17, 15) is 9.59 Å². The Bertz CT molecular complexity index is 726. The van der Waals surface area contributed by atoms with Crippen LogP contribution in [0.5, 0.6) is 0 Å². The molecule has 0 aliphatic heterocycles. The predicted molar refractivity (Wildman–Crippen MR) is 100 cm³/mol. The van der Waals surface area contributed by atoms with Crippen LogP contribution in [0.3, 0.4) is 0 Å². The topological polar surface area (TPSA) is 74.6 Å². The lowest BCUT2D eigenvalue weighted by Crippen LogP contribution is -2.06. The van der Waals surface area contributed by atoms with Crippen LogP contribution < -0.4 is 0 Å². The lowest BCUT2D eigenvalue weighted by molar-refractivity contribution is 0.0696. The van der Waals surface area contributed by atoms with E-state index in [-0.39, 0.29) is 16.7 Å². The van der Waals surface area contributed by atoms with Crippen LogP contribution in [0.15, 0.2) is 49.0 Å². The molecule has 0 radical (unpaired) electrons. The quantitative estimate of drug-likeness (QED) is 0.797. The minimum Gasteiger partial charge on any atom is -0.478 e. The van der Waals surface area contributed by atoms with Crippen LogP contribution in [-0.2, 0) is 6.42 Å². The monoisotopic (exact) mass is 340 g/mol. The number of hydrogen-bond acceptors (Lipinski definition) is 2. The molecule has 2 rings (SSSR count). The number of benzene rings is 2. The molecule has 0 aromatic heterocycles. The van der Waals surface area contributed by atoms with Gasteiger partial charge in [0.25, 0.3) is 0 Å². The zero-order chi connectivity index (χ0) is 19.0. The van der Waals surface area contributed by atoms with Crippen molar-refractivity contribution in [3.05, 3.63) is 76.9 Å². The van der Waals surface area contributed by atoms with Gasteiger partial charge in [-0.2, -0.15) is 0 Å². The van der Waals surface area contributed by atoms with Crippen LogP contribution in [0, 0.1) is 6.92 Å². The second-order valence-corrected chi connectivity index (χ2v) is 5.82. The van der Waals surface area contributed by atoms with Crippen molar-refractivity contribution < 1.29 is 19.8 Å². The molecule has 0 fully saturated rings. The van der Waals surface area contributed by atoms with Gasteiger partial charge in [-0.05, 0) is 49.1 Å². The highest BCUT2D eigenvalue weighted by molar-refractivity contribution is 5.96. The molecule has 0 spiro atoms. The molecule has 4 nitrogen and oxygen atoms in total. The summed E-state index contributed by atoms with van der Waals surface area (Å²) in [6, 6.07) is 12.8. The Kier molecular flexibility index (Phi) is 7.60. The Morgan fingerprint density at radius 1 is 0.960 bits per heavy atom. The third-order valence-electron chi connectivity index (χ3n) is 3.78. The lowest BCUT2D eigenvalue weighted by Gasteiger charge is -2.03. The molecule has 2 aromatic rings. The normalized spacial score (nSPS) is 9.72. The summed E-state index contributed by atoms with van der Waals surface area (Å²) in [5.74, 6) is -2.22. The Morgan fingerprint density at radius 2 is 1.44 bits per heavy atom. The van der Waals surface area contributed by atoms with Gasteiger partial charge in [-0.3, -0.25) is 0 Å². The van der Waals surface area contributed by atoms with Gasteiger partial charge in [-0.25, -0.2) is 9.59 Å². The molecule has 4 heteroatoms. The fourth-order valence-electron chi connectivity index (χ4n) is 2.34. The van der Waals surface area contributed by atoms with Crippen LogP contribution in [0.25, 0.3) is 5.57 Å². The third kappa shape index (κ3) is 5.92. The molecule has 0 unspecified atom stereocenters. The smallest absolute Gasteiger partial charge is 0.335 e. The summed E-state index contributed by atoms with van der Waals surface area (Å²) in [6.07, 6.45) is 2.39. The number of carboxylic acids is 2. The Morgan fingerprint density at radius 3 is 1.80 bits per heavy atom. The van der Waals surface area contributed by atoms with Gasteiger partial charge in [-0.1, -0.05) is 55.8 Å². The summed E-state index contributed by atoms with van der Waals surface area (Å²) in [4.78, 5) is 21.2. The average Bonchev–Trinajstić information content (AvgIpc) is 2.56. The second kappa shape index (κ2) is 9.42. The zero-order valence-electron chi connectivity index (χ0n) is 14.9.